The van der Waals surface area contributed by atoms with Gasteiger partial charge in [-0.3, -0.25) is 4.79 Å². The van der Waals surface area contributed by atoms with Crippen molar-refractivity contribution in [3.63, 3.8) is 0 Å². The fourth-order valence-corrected chi connectivity index (χ4v) is 4.13. The number of thiazole rings is 1. The SMILES string of the molecule is COc1cc(C(=O)N2CCN(c3cccc(Cl)c3)CC2)ccc1OCc1cscn1. The normalized spacial score (nSPS) is 13.9. The van der Waals surface area contributed by atoms with Gasteiger partial charge in [-0.05, 0) is 36.4 Å². The Morgan fingerprint density at radius 2 is 1.97 bits per heavy atom. The second-order valence-corrected chi connectivity index (χ2v) is 8.05. The second-order valence-electron chi connectivity index (χ2n) is 6.89. The first-order valence-electron chi connectivity index (χ1n) is 9.62. The Hall–Kier alpha value is -2.77. The van der Waals surface area contributed by atoms with Crippen molar-refractivity contribution in [1.82, 2.24) is 9.88 Å². The monoisotopic (exact) mass is 443 g/mol. The summed E-state index contributed by atoms with van der Waals surface area (Å²) in [4.78, 5) is 21.3. The summed E-state index contributed by atoms with van der Waals surface area (Å²) in [5, 5.41) is 2.66. The van der Waals surface area contributed by atoms with Crippen LogP contribution in [-0.2, 0) is 6.61 Å². The van der Waals surface area contributed by atoms with Crippen molar-refractivity contribution in [2.45, 2.75) is 6.61 Å². The number of aromatic nitrogens is 1. The molecule has 3 aromatic rings. The molecule has 0 N–H and O–H groups in total. The zero-order valence-electron chi connectivity index (χ0n) is 16.6. The van der Waals surface area contributed by atoms with Crippen molar-refractivity contribution < 1.29 is 14.3 Å². The summed E-state index contributed by atoms with van der Waals surface area (Å²) < 4.78 is 11.2. The third-order valence-electron chi connectivity index (χ3n) is 5.01. The first-order valence-corrected chi connectivity index (χ1v) is 10.9. The zero-order valence-corrected chi connectivity index (χ0v) is 18.2. The minimum absolute atomic E-state index is 0.00917. The van der Waals surface area contributed by atoms with E-state index in [-0.39, 0.29) is 5.91 Å². The van der Waals surface area contributed by atoms with Gasteiger partial charge in [-0.1, -0.05) is 17.7 Å². The molecule has 4 rings (SSSR count). The van der Waals surface area contributed by atoms with Gasteiger partial charge < -0.3 is 19.3 Å². The number of carbonyl (C=O) groups is 1. The molecule has 1 aliphatic heterocycles. The van der Waals surface area contributed by atoms with Crippen molar-refractivity contribution in [2.75, 3.05) is 38.2 Å². The number of benzene rings is 2. The van der Waals surface area contributed by atoms with E-state index in [1.165, 1.54) is 11.3 Å². The minimum atomic E-state index is -0.00917. The first kappa shape index (κ1) is 20.5. The maximum atomic E-state index is 13.0. The number of rotatable bonds is 6. The molecule has 0 saturated carbocycles. The van der Waals surface area contributed by atoms with Crippen molar-refractivity contribution in [1.29, 1.82) is 0 Å². The molecule has 156 valence electrons. The van der Waals surface area contributed by atoms with Crippen LogP contribution >= 0.6 is 22.9 Å². The third kappa shape index (κ3) is 4.68. The van der Waals surface area contributed by atoms with Crippen molar-refractivity contribution >= 4 is 34.5 Å². The molecular weight excluding hydrogens is 422 g/mol. The van der Waals surface area contributed by atoms with E-state index in [4.69, 9.17) is 21.1 Å². The molecule has 0 atom stereocenters. The summed E-state index contributed by atoms with van der Waals surface area (Å²) in [5.41, 5.74) is 4.30. The summed E-state index contributed by atoms with van der Waals surface area (Å²) >= 11 is 7.62. The maximum absolute atomic E-state index is 13.0. The van der Waals surface area contributed by atoms with Crippen LogP contribution in [0, 0.1) is 0 Å². The lowest BCUT2D eigenvalue weighted by atomic mass is 10.1. The fourth-order valence-electron chi connectivity index (χ4n) is 3.40. The fraction of sp³-hybridized carbons (Fsp3) is 0.273. The molecule has 2 aromatic carbocycles. The highest BCUT2D eigenvalue weighted by molar-refractivity contribution is 7.07. The van der Waals surface area contributed by atoms with E-state index in [0.29, 0.717) is 36.8 Å². The molecule has 1 amide bonds. The lowest BCUT2D eigenvalue weighted by molar-refractivity contribution is 0.0746. The lowest BCUT2D eigenvalue weighted by Crippen LogP contribution is -2.48. The third-order valence-corrected chi connectivity index (χ3v) is 5.88. The highest BCUT2D eigenvalue weighted by Gasteiger charge is 2.23. The second kappa shape index (κ2) is 9.36. The molecule has 2 heterocycles. The van der Waals surface area contributed by atoms with Gasteiger partial charge in [0.1, 0.15) is 6.61 Å². The van der Waals surface area contributed by atoms with Gasteiger partial charge in [-0.25, -0.2) is 4.98 Å². The Kier molecular flexibility index (Phi) is 6.40. The van der Waals surface area contributed by atoms with Crippen LogP contribution in [0.15, 0.2) is 53.4 Å². The molecule has 1 fully saturated rings. The van der Waals surface area contributed by atoms with Crippen molar-refractivity contribution in [3.05, 3.63) is 69.6 Å². The van der Waals surface area contributed by atoms with Gasteiger partial charge in [-0.15, -0.1) is 11.3 Å². The summed E-state index contributed by atoms with van der Waals surface area (Å²) in [7, 11) is 1.57. The highest BCUT2D eigenvalue weighted by Crippen LogP contribution is 2.30. The van der Waals surface area contributed by atoms with Crippen LogP contribution in [0.2, 0.25) is 5.02 Å². The van der Waals surface area contributed by atoms with E-state index in [1.807, 2.05) is 34.5 Å². The van der Waals surface area contributed by atoms with Crippen LogP contribution in [0.5, 0.6) is 11.5 Å². The number of piperazine rings is 1. The molecule has 1 saturated heterocycles. The molecule has 1 aliphatic rings. The van der Waals surface area contributed by atoms with Crippen molar-refractivity contribution in [2.24, 2.45) is 0 Å². The van der Waals surface area contributed by atoms with Gasteiger partial charge in [0.05, 0.1) is 18.3 Å². The summed E-state index contributed by atoms with van der Waals surface area (Å²) in [6.45, 7) is 3.18. The molecule has 0 bridgehead atoms. The Morgan fingerprint density at radius 3 is 2.67 bits per heavy atom. The van der Waals surface area contributed by atoms with E-state index >= 15 is 0 Å². The largest absolute Gasteiger partial charge is 0.493 e. The van der Waals surface area contributed by atoms with Gasteiger partial charge in [0.2, 0.25) is 0 Å². The van der Waals surface area contributed by atoms with Gasteiger partial charge >= 0.3 is 0 Å². The molecule has 8 heteroatoms. The van der Waals surface area contributed by atoms with Crippen LogP contribution < -0.4 is 14.4 Å². The first-order chi connectivity index (χ1) is 14.6. The minimum Gasteiger partial charge on any atom is -0.493 e. The van der Waals surface area contributed by atoms with Gasteiger partial charge in [0.15, 0.2) is 11.5 Å². The van der Waals surface area contributed by atoms with Gasteiger partial charge in [0.25, 0.3) is 5.91 Å². The number of nitrogens with zero attached hydrogens (tertiary/aromatic N) is 3. The number of carbonyl (C=O) groups excluding carboxylic acids is 1. The topological polar surface area (TPSA) is 54.9 Å². The van der Waals surface area contributed by atoms with E-state index in [9.17, 15) is 4.79 Å². The van der Waals surface area contributed by atoms with Crippen LogP contribution in [0.1, 0.15) is 16.1 Å². The lowest BCUT2D eigenvalue weighted by Gasteiger charge is -2.36. The van der Waals surface area contributed by atoms with E-state index in [1.54, 1.807) is 30.8 Å². The number of ether oxygens (including phenoxy) is 2. The standard InChI is InChI=1S/C22H22ClN3O3S/c1-28-21-11-16(5-6-20(21)29-13-18-14-30-15-24-18)22(27)26-9-7-25(8-10-26)19-4-2-3-17(23)12-19/h2-6,11-12,14-15H,7-10,13H2,1H3. The molecule has 0 aliphatic carbocycles. The number of anilines is 1. The predicted octanol–water partition coefficient (Wildman–Crippen LogP) is 4.35. The smallest absolute Gasteiger partial charge is 0.254 e. The highest BCUT2D eigenvalue weighted by atomic mass is 35.5. The van der Waals surface area contributed by atoms with Crippen LogP contribution in [-0.4, -0.2) is 49.1 Å². The quantitative estimate of drug-likeness (QED) is 0.567. The van der Waals surface area contributed by atoms with Crippen LogP contribution in [0.25, 0.3) is 0 Å². The van der Waals surface area contributed by atoms with Gasteiger partial charge in [-0.2, -0.15) is 0 Å². The summed E-state index contributed by atoms with van der Waals surface area (Å²) in [5.74, 6) is 1.12. The van der Waals surface area contributed by atoms with Crippen molar-refractivity contribution in [3.8, 4) is 11.5 Å². The average molecular weight is 444 g/mol. The number of methoxy groups -OCH3 is 1. The zero-order chi connectivity index (χ0) is 20.9. The maximum Gasteiger partial charge on any atom is 0.254 e. The molecule has 0 unspecified atom stereocenters. The molecule has 0 radical (unpaired) electrons. The van der Waals surface area contributed by atoms with E-state index < -0.39 is 0 Å². The summed E-state index contributed by atoms with van der Waals surface area (Å²) in [6.07, 6.45) is 0. The number of hydrogen-bond acceptors (Lipinski definition) is 6. The Bertz CT molecular complexity index is 1000. The van der Waals surface area contributed by atoms with Gasteiger partial charge in [0, 0.05) is 47.8 Å². The Labute approximate surface area is 184 Å². The number of amides is 1. The number of hydrogen-bond donors (Lipinski definition) is 0. The van der Waals surface area contributed by atoms with Crippen LogP contribution in [0.3, 0.4) is 0 Å². The molecule has 0 spiro atoms. The van der Waals surface area contributed by atoms with E-state index in [2.05, 4.69) is 9.88 Å². The van der Waals surface area contributed by atoms with Crippen LogP contribution in [0.4, 0.5) is 5.69 Å². The Morgan fingerprint density at radius 1 is 1.13 bits per heavy atom. The molecule has 6 nitrogen and oxygen atoms in total. The Balaban J connectivity index is 1.39. The summed E-state index contributed by atoms with van der Waals surface area (Å²) in [6, 6.07) is 13.1. The molecule has 30 heavy (non-hydrogen) atoms. The molecule has 1 aromatic heterocycles. The predicted molar refractivity (Wildman–Crippen MR) is 119 cm³/mol. The number of halogens is 1. The average Bonchev–Trinajstić information content (AvgIpc) is 3.31. The molecular formula is C22H22ClN3O3S. The van der Waals surface area contributed by atoms with E-state index in [0.717, 1.165) is 29.5 Å².